The van der Waals surface area contributed by atoms with Gasteiger partial charge in [-0.3, -0.25) is 4.79 Å². The van der Waals surface area contributed by atoms with E-state index in [1.54, 1.807) is 13.0 Å². The van der Waals surface area contributed by atoms with Crippen molar-refractivity contribution in [3.8, 4) is 6.07 Å². The number of carbonyl (C=O) groups is 2. The fourth-order valence-electron chi connectivity index (χ4n) is 3.09. The highest BCUT2D eigenvalue weighted by Gasteiger charge is 2.29. The summed E-state index contributed by atoms with van der Waals surface area (Å²) in [5, 5.41) is 14.5. The summed E-state index contributed by atoms with van der Waals surface area (Å²) in [4.78, 5) is 27.1. The number of nitrogens with zero attached hydrogens (tertiary/aromatic N) is 1. The summed E-state index contributed by atoms with van der Waals surface area (Å²) in [5.41, 5.74) is 1.44. The summed E-state index contributed by atoms with van der Waals surface area (Å²) >= 11 is 2.87. The number of hydrogen-bond donors (Lipinski definition) is 1. The average Bonchev–Trinajstić information content (AvgIpc) is 3.26. The van der Waals surface area contributed by atoms with Gasteiger partial charge in [-0.25, -0.2) is 4.79 Å². The van der Waals surface area contributed by atoms with E-state index < -0.39 is 11.9 Å². The lowest BCUT2D eigenvalue weighted by Crippen LogP contribution is -2.17. The molecule has 1 aliphatic rings. The number of rotatable bonds is 5. The van der Waals surface area contributed by atoms with Crippen LogP contribution in [0.3, 0.4) is 0 Å². The van der Waals surface area contributed by atoms with Crippen molar-refractivity contribution in [2.75, 3.05) is 11.9 Å². The zero-order valence-electron chi connectivity index (χ0n) is 15.2. The Kier molecular flexibility index (Phi) is 6.09. The first-order chi connectivity index (χ1) is 13.0. The van der Waals surface area contributed by atoms with Crippen molar-refractivity contribution >= 4 is 45.6 Å². The molecule has 1 aliphatic carbocycles. The molecule has 0 aliphatic heterocycles. The number of fused-ring (bicyclic) bond motifs is 1. The largest absolute Gasteiger partial charge is 0.462 e. The second kappa shape index (κ2) is 8.51. The van der Waals surface area contributed by atoms with Crippen molar-refractivity contribution in [1.29, 1.82) is 5.26 Å². The number of amides is 1. The van der Waals surface area contributed by atoms with Gasteiger partial charge in [0.15, 0.2) is 0 Å². The Morgan fingerprint density at radius 3 is 2.96 bits per heavy atom. The number of hydrogen-bond acceptors (Lipinski definition) is 6. The van der Waals surface area contributed by atoms with E-state index in [1.807, 2.05) is 23.6 Å². The predicted octanol–water partition coefficient (Wildman–Crippen LogP) is 4.66. The average molecular weight is 401 g/mol. The molecule has 7 heteroatoms. The Morgan fingerprint density at radius 2 is 2.30 bits per heavy atom. The van der Waals surface area contributed by atoms with E-state index >= 15 is 0 Å². The van der Waals surface area contributed by atoms with Crippen LogP contribution in [0.25, 0.3) is 6.08 Å². The normalized spacial score (nSPS) is 16.3. The minimum absolute atomic E-state index is 0.00648. The second-order valence-electron chi connectivity index (χ2n) is 6.42. The van der Waals surface area contributed by atoms with Crippen LogP contribution in [-0.2, 0) is 22.4 Å². The molecule has 0 spiro atoms. The van der Waals surface area contributed by atoms with Crippen LogP contribution in [0.5, 0.6) is 0 Å². The quantitative estimate of drug-likeness (QED) is 0.450. The van der Waals surface area contributed by atoms with Crippen molar-refractivity contribution in [2.24, 2.45) is 5.92 Å². The lowest BCUT2D eigenvalue weighted by molar-refractivity contribution is -0.112. The van der Waals surface area contributed by atoms with Crippen molar-refractivity contribution in [3.63, 3.8) is 0 Å². The van der Waals surface area contributed by atoms with Crippen molar-refractivity contribution < 1.29 is 14.3 Å². The molecular formula is C20H20N2O3S2. The summed E-state index contributed by atoms with van der Waals surface area (Å²) in [6, 6.07) is 5.64. The van der Waals surface area contributed by atoms with E-state index in [0.29, 0.717) is 16.5 Å². The van der Waals surface area contributed by atoms with Crippen molar-refractivity contribution in [1.82, 2.24) is 0 Å². The molecule has 3 rings (SSSR count). The molecule has 1 atom stereocenters. The Balaban J connectivity index is 1.92. The lowest BCUT2D eigenvalue weighted by atomic mass is 9.88. The first-order valence-corrected chi connectivity index (χ1v) is 10.5. The molecule has 0 bridgehead atoms. The standard InChI is InChI=1S/C20H20N2O3S2/c1-3-25-20(24)17-15-7-6-12(2)9-16(15)27-19(17)22-18(23)13(11-21)10-14-5-4-8-26-14/h4-5,8,10,12H,3,6-7,9H2,1-2H3,(H,22,23)/b13-10+/t12-/m0/s1. The van der Waals surface area contributed by atoms with Crippen LogP contribution in [0, 0.1) is 17.2 Å². The maximum Gasteiger partial charge on any atom is 0.341 e. The minimum atomic E-state index is -0.511. The first kappa shape index (κ1) is 19.3. The van der Waals surface area contributed by atoms with Gasteiger partial charge in [-0.1, -0.05) is 13.0 Å². The smallest absolute Gasteiger partial charge is 0.341 e. The highest BCUT2D eigenvalue weighted by Crippen LogP contribution is 2.40. The summed E-state index contributed by atoms with van der Waals surface area (Å²) in [7, 11) is 0. The highest BCUT2D eigenvalue weighted by atomic mass is 32.1. The molecule has 2 aromatic rings. The molecule has 2 heterocycles. The fourth-order valence-corrected chi connectivity index (χ4v) is 5.14. The van der Waals surface area contributed by atoms with Gasteiger partial charge in [0.1, 0.15) is 16.6 Å². The van der Waals surface area contributed by atoms with E-state index in [2.05, 4.69) is 12.2 Å². The number of nitrogens with one attached hydrogen (secondary N) is 1. The van der Waals surface area contributed by atoms with Gasteiger partial charge in [-0.2, -0.15) is 5.26 Å². The predicted molar refractivity (Wildman–Crippen MR) is 108 cm³/mol. The molecule has 2 aromatic heterocycles. The number of thiophene rings is 2. The van der Waals surface area contributed by atoms with Crippen LogP contribution in [0.15, 0.2) is 23.1 Å². The van der Waals surface area contributed by atoms with Gasteiger partial charge >= 0.3 is 5.97 Å². The van der Waals surface area contributed by atoms with Gasteiger partial charge in [-0.05, 0) is 55.2 Å². The zero-order valence-corrected chi connectivity index (χ0v) is 16.8. The van der Waals surface area contributed by atoms with Crippen LogP contribution in [-0.4, -0.2) is 18.5 Å². The summed E-state index contributed by atoms with van der Waals surface area (Å²) in [6.45, 7) is 4.21. The van der Waals surface area contributed by atoms with Crippen LogP contribution in [0.4, 0.5) is 5.00 Å². The van der Waals surface area contributed by atoms with Crippen molar-refractivity contribution in [3.05, 3.63) is 44.0 Å². The molecule has 0 radical (unpaired) electrons. The molecule has 1 amide bonds. The third kappa shape index (κ3) is 4.29. The molecule has 27 heavy (non-hydrogen) atoms. The number of carbonyl (C=O) groups excluding carboxylic acids is 2. The maximum absolute atomic E-state index is 12.6. The van der Waals surface area contributed by atoms with E-state index in [0.717, 1.165) is 34.6 Å². The van der Waals surface area contributed by atoms with Gasteiger partial charge in [0.05, 0.1) is 12.2 Å². The Labute approximate surface area is 166 Å². The summed E-state index contributed by atoms with van der Waals surface area (Å²) in [5.74, 6) is -0.383. The Hall–Kier alpha value is -2.43. The monoisotopic (exact) mass is 400 g/mol. The van der Waals surface area contributed by atoms with E-state index in [1.165, 1.54) is 22.7 Å². The molecular weight excluding hydrogens is 380 g/mol. The van der Waals surface area contributed by atoms with Crippen molar-refractivity contribution in [2.45, 2.75) is 33.1 Å². The van der Waals surface area contributed by atoms with Gasteiger partial charge in [0, 0.05) is 9.75 Å². The van der Waals surface area contributed by atoms with Gasteiger partial charge in [0.25, 0.3) is 5.91 Å². The molecule has 0 saturated carbocycles. The molecule has 5 nitrogen and oxygen atoms in total. The Bertz CT molecular complexity index is 920. The SMILES string of the molecule is CCOC(=O)c1c(NC(=O)/C(C#N)=C/c2cccs2)sc2c1CC[C@H](C)C2. The molecule has 0 fully saturated rings. The molecule has 0 unspecified atom stereocenters. The number of ether oxygens (including phenoxy) is 1. The van der Waals surface area contributed by atoms with E-state index in [9.17, 15) is 14.9 Å². The van der Waals surface area contributed by atoms with Crippen LogP contribution >= 0.6 is 22.7 Å². The molecule has 140 valence electrons. The molecule has 0 aromatic carbocycles. The molecule has 1 N–H and O–H groups in total. The minimum Gasteiger partial charge on any atom is -0.462 e. The summed E-state index contributed by atoms with van der Waals surface area (Å²) in [6.07, 6.45) is 4.25. The van der Waals surface area contributed by atoms with E-state index in [4.69, 9.17) is 4.74 Å². The number of nitriles is 1. The third-order valence-electron chi connectivity index (χ3n) is 4.41. The van der Waals surface area contributed by atoms with Crippen LogP contribution in [0.1, 0.15) is 45.9 Å². The van der Waals surface area contributed by atoms with Gasteiger partial charge in [0.2, 0.25) is 0 Å². The summed E-state index contributed by atoms with van der Waals surface area (Å²) < 4.78 is 5.21. The fraction of sp³-hybridized carbons (Fsp3) is 0.350. The van der Waals surface area contributed by atoms with Crippen LogP contribution in [0.2, 0.25) is 0 Å². The maximum atomic E-state index is 12.6. The van der Waals surface area contributed by atoms with E-state index in [-0.39, 0.29) is 12.2 Å². The van der Waals surface area contributed by atoms with Crippen LogP contribution < -0.4 is 5.32 Å². The highest BCUT2D eigenvalue weighted by molar-refractivity contribution is 7.17. The van der Waals surface area contributed by atoms with Gasteiger partial charge < -0.3 is 10.1 Å². The van der Waals surface area contributed by atoms with Gasteiger partial charge in [-0.15, -0.1) is 22.7 Å². The zero-order chi connectivity index (χ0) is 19.4. The lowest BCUT2D eigenvalue weighted by Gasteiger charge is -2.18. The number of anilines is 1. The third-order valence-corrected chi connectivity index (χ3v) is 6.40. The molecule has 0 saturated heterocycles. The number of esters is 1. The topological polar surface area (TPSA) is 79.2 Å². The Morgan fingerprint density at radius 1 is 1.48 bits per heavy atom. The second-order valence-corrected chi connectivity index (χ2v) is 8.50. The first-order valence-electron chi connectivity index (χ1n) is 8.81.